The fraction of sp³-hybridized carbons (Fsp3) is 0.455. The normalized spacial score (nSPS) is 12.5. The summed E-state index contributed by atoms with van der Waals surface area (Å²) in [4.78, 5) is 11.2. The maximum Gasteiger partial charge on any atom is 0.387 e. The Balaban J connectivity index is 1.93. The van der Waals surface area contributed by atoms with E-state index in [0.29, 0.717) is 24.6 Å². The van der Waals surface area contributed by atoms with E-state index in [4.69, 9.17) is 0 Å². The van der Waals surface area contributed by atoms with Crippen molar-refractivity contribution in [1.82, 2.24) is 15.6 Å². The summed E-state index contributed by atoms with van der Waals surface area (Å²) >= 11 is 0. The summed E-state index contributed by atoms with van der Waals surface area (Å²) in [6.45, 7) is 6.39. The van der Waals surface area contributed by atoms with Crippen LogP contribution in [0.5, 0.6) is 5.75 Å². The van der Waals surface area contributed by atoms with Gasteiger partial charge in [-0.1, -0.05) is 18.2 Å². The van der Waals surface area contributed by atoms with Gasteiger partial charge in [-0.15, -0.1) is 0 Å². The van der Waals surface area contributed by atoms with E-state index in [2.05, 4.69) is 44.1 Å². The van der Waals surface area contributed by atoms with Crippen molar-refractivity contribution in [2.45, 2.75) is 40.0 Å². The fourth-order valence-electron chi connectivity index (χ4n) is 2.94. The highest BCUT2D eigenvalue weighted by molar-refractivity contribution is 5.79. The average Bonchev–Trinajstić information content (AvgIpc) is 2.77. The zero-order chi connectivity index (χ0) is 22.6. The quantitative estimate of drug-likeness (QED) is 0.371. The van der Waals surface area contributed by atoms with E-state index in [1.54, 1.807) is 12.1 Å². The van der Waals surface area contributed by atoms with Gasteiger partial charge in [0.15, 0.2) is 5.96 Å². The molecule has 9 heteroatoms. The molecule has 1 unspecified atom stereocenters. The van der Waals surface area contributed by atoms with Crippen LogP contribution in [0, 0.1) is 0 Å². The molecule has 0 saturated heterocycles. The number of rotatable bonds is 11. The molecule has 0 aliphatic carbocycles. The molecule has 0 aliphatic rings. The van der Waals surface area contributed by atoms with Gasteiger partial charge in [-0.05, 0) is 50.1 Å². The zero-order valence-corrected chi connectivity index (χ0v) is 18.2. The van der Waals surface area contributed by atoms with Crippen LogP contribution in [0.4, 0.5) is 14.6 Å². The summed E-state index contributed by atoms with van der Waals surface area (Å²) in [6.07, 6.45) is 0.984. The molecule has 0 fully saturated rings. The summed E-state index contributed by atoms with van der Waals surface area (Å²) in [5.41, 5.74) is 1.56. The van der Waals surface area contributed by atoms with Crippen molar-refractivity contribution in [3.63, 3.8) is 0 Å². The molecule has 1 atom stereocenters. The second-order valence-corrected chi connectivity index (χ2v) is 6.74. The van der Waals surface area contributed by atoms with Crippen molar-refractivity contribution in [2.75, 3.05) is 31.1 Å². The number of alkyl halides is 2. The number of aliphatic hydroxyl groups excluding tert-OH is 1. The van der Waals surface area contributed by atoms with Gasteiger partial charge in [-0.2, -0.15) is 8.78 Å². The van der Waals surface area contributed by atoms with Crippen molar-refractivity contribution in [3.05, 3.63) is 53.7 Å². The lowest BCUT2D eigenvalue weighted by atomic mass is 10.1. The lowest BCUT2D eigenvalue weighted by molar-refractivity contribution is -0.0498. The lowest BCUT2D eigenvalue weighted by Gasteiger charge is -2.19. The minimum absolute atomic E-state index is 0.0504. The number of ether oxygens (including phenoxy) is 1. The standard InChI is InChI=1S/C22H31F2N5O2/c1-4-25-22(27-14-16-7-12-20(26-13-16)29(5-2)6-3)28-15-19(30)17-8-10-18(11-9-17)31-21(23)24/h7-13,19,21,30H,4-6,14-15H2,1-3H3,(H2,25,27,28). The predicted molar refractivity (Wildman–Crippen MR) is 119 cm³/mol. The topological polar surface area (TPSA) is 82.0 Å². The zero-order valence-electron chi connectivity index (χ0n) is 18.2. The van der Waals surface area contributed by atoms with E-state index in [-0.39, 0.29) is 12.3 Å². The van der Waals surface area contributed by atoms with Gasteiger partial charge in [0.2, 0.25) is 0 Å². The number of aromatic nitrogens is 1. The molecule has 2 rings (SSSR count). The highest BCUT2D eigenvalue weighted by Crippen LogP contribution is 2.19. The molecule has 1 aromatic heterocycles. The Labute approximate surface area is 182 Å². The molecule has 7 nitrogen and oxygen atoms in total. The Bertz CT molecular complexity index is 797. The molecule has 31 heavy (non-hydrogen) atoms. The molecule has 0 spiro atoms. The van der Waals surface area contributed by atoms with Crippen LogP contribution < -0.4 is 20.3 Å². The number of benzene rings is 1. The Morgan fingerprint density at radius 1 is 1.10 bits per heavy atom. The van der Waals surface area contributed by atoms with Gasteiger partial charge in [0.25, 0.3) is 0 Å². The summed E-state index contributed by atoms with van der Waals surface area (Å²) in [7, 11) is 0. The molecule has 0 aliphatic heterocycles. The first-order chi connectivity index (χ1) is 15.0. The number of aliphatic hydroxyl groups is 1. The second-order valence-electron chi connectivity index (χ2n) is 6.74. The first-order valence-corrected chi connectivity index (χ1v) is 10.4. The van der Waals surface area contributed by atoms with Crippen molar-refractivity contribution in [1.29, 1.82) is 0 Å². The van der Waals surface area contributed by atoms with Crippen molar-refractivity contribution in [2.24, 2.45) is 4.99 Å². The highest BCUT2D eigenvalue weighted by atomic mass is 19.3. The van der Waals surface area contributed by atoms with Gasteiger partial charge >= 0.3 is 6.61 Å². The maximum atomic E-state index is 12.2. The van der Waals surface area contributed by atoms with Crippen molar-refractivity contribution >= 4 is 11.8 Å². The van der Waals surface area contributed by atoms with Crippen LogP contribution >= 0.6 is 0 Å². The van der Waals surface area contributed by atoms with Gasteiger partial charge in [0.1, 0.15) is 11.6 Å². The predicted octanol–water partition coefficient (Wildman–Crippen LogP) is 3.32. The molecule has 1 heterocycles. The fourth-order valence-corrected chi connectivity index (χ4v) is 2.94. The smallest absolute Gasteiger partial charge is 0.387 e. The van der Waals surface area contributed by atoms with Gasteiger partial charge in [0, 0.05) is 32.4 Å². The highest BCUT2D eigenvalue weighted by Gasteiger charge is 2.10. The summed E-state index contributed by atoms with van der Waals surface area (Å²) in [5, 5.41) is 16.6. The lowest BCUT2D eigenvalue weighted by Crippen LogP contribution is -2.39. The minimum Gasteiger partial charge on any atom is -0.435 e. The van der Waals surface area contributed by atoms with Crippen LogP contribution in [0.15, 0.2) is 47.6 Å². The van der Waals surface area contributed by atoms with Crippen LogP contribution in [0.25, 0.3) is 0 Å². The number of pyridine rings is 1. The Hall–Kier alpha value is -2.94. The average molecular weight is 436 g/mol. The number of guanidine groups is 1. The number of hydrogen-bond acceptors (Lipinski definition) is 5. The van der Waals surface area contributed by atoms with Crippen LogP contribution in [-0.4, -0.2) is 48.8 Å². The molecule has 0 amide bonds. The number of aliphatic imine (C=N–C) groups is 1. The Morgan fingerprint density at radius 3 is 2.35 bits per heavy atom. The maximum absolute atomic E-state index is 12.2. The molecule has 2 aromatic rings. The third-order valence-corrected chi connectivity index (χ3v) is 4.61. The van der Waals surface area contributed by atoms with Crippen LogP contribution in [0.3, 0.4) is 0 Å². The molecule has 0 radical (unpaired) electrons. The van der Waals surface area contributed by atoms with E-state index < -0.39 is 12.7 Å². The molecule has 1 aromatic carbocycles. The SMILES string of the molecule is CCNC(=NCc1ccc(N(CC)CC)nc1)NCC(O)c1ccc(OC(F)F)cc1. The van der Waals surface area contributed by atoms with Gasteiger partial charge in [0.05, 0.1) is 12.6 Å². The van der Waals surface area contributed by atoms with E-state index >= 15 is 0 Å². The molecule has 170 valence electrons. The van der Waals surface area contributed by atoms with Gasteiger partial charge in [-0.25, -0.2) is 9.98 Å². The van der Waals surface area contributed by atoms with Gasteiger partial charge in [-0.3, -0.25) is 0 Å². The summed E-state index contributed by atoms with van der Waals surface area (Å²) < 4.78 is 28.8. The first-order valence-electron chi connectivity index (χ1n) is 10.4. The van der Waals surface area contributed by atoms with E-state index in [0.717, 1.165) is 24.5 Å². The second kappa shape index (κ2) is 12.7. The molecule has 0 saturated carbocycles. The summed E-state index contributed by atoms with van der Waals surface area (Å²) in [6, 6.07) is 9.90. The number of nitrogens with one attached hydrogen (secondary N) is 2. The number of nitrogens with zero attached hydrogens (tertiary/aromatic N) is 3. The Kier molecular flexibility index (Phi) is 9.96. The third-order valence-electron chi connectivity index (χ3n) is 4.61. The minimum atomic E-state index is -2.88. The number of anilines is 1. The van der Waals surface area contributed by atoms with Crippen LogP contribution in [-0.2, 0) is 6.54 Å². The Morgan fingerprint density at radius 2 is 1.81 bits per heavy atom. The van der Waals surface area contributed by atoms with Crippen molar-refractivity contribution < 1.29 is 18.6 Å². The largest absolute Gasteiger partial charge is 0.435 e. The van der Waals surface area contributed by atoms with Crippen LogP contribution in [0.2, 0.25) is 0 Å². The molecular formula is C22H31F2N5O2. The number of hydrogen-bond donors (Lipinski definition) is 3. The van der Waals surface area contributed by atoms with Crippen molar-refractivity contribution in [3.8, 4) is 5.75 Å². The van der Waals surface area contributed by atoms with Gasteiger partial charge < -0.3 is 25.4 Å². The van der Waals surface area contributed by atoms with Crippen LogP contribution in [0.1, 0.15) is 38.0 Å². The van der Waals surface area contributed by atoms with E-state index in [9.17, 15) is 13.9 Å². The summed E-state index contributed by atoms with van der Waals surface area (Å²) in [5.74, 6) is 1.55. The molecular weight excluding hydrogens is 404 g/mol. The van der Waals surface area contributed by atoms with E-state index in [1.807, 2.05) is 25.3 Å². The first kappa shape index (κ1) is 24.3. The molecule has 3 N–H and O–H groups in total. The number of halogens is 2. The monoisotopic (exact) mass is 435 g/mol. The van der Waals surface area contributed by atoms with E-state index in [1.165, 1.54) is 12.1 Å². The third kappa shape index (κ3) is 8.01. The molecule has 0 bridgehead atoms.